The van der Waals surface area contributed by atoms with Crippen molar-refractivity contribution >= 4 is 41.8 Å². The van der Waals surface area contributed by atoms with Crippen LogP contribution in [0.25, 0.3) is 0 Å². The fraction of sp³-hybridized carbons (Fsp3) is 0.130. The molecule has 0 unspecified atom stereocenters. The zero-order valence-corrected chi connectivity index (χ0v) is 20.0. The first kappa shape index (κ1) is 26.5. The third kappa shape index (κ3) is 9.03. The number of carboxylic acids is 1. The summed E-state index contributed by atoms with van der Waals surface area (Å²) in [5.74, 6) is -1.34. The number of aliphatic carboxylic acids is 1. The molecule has 0 aromatic heterocycles. The molecule has 0 radical (unpaired) electrons. The number of rotatable bonds is 7. The quantitative estimate of drug-likeness (QED) is 0.231. The van der Waals surface area contributed by atoms with E-state index in [0.29, 0.717) is 5.69 Å². The summed E-state index contributed by atoms with van der Waals surface area (Å²) in [4.78, 5) is 21.6. The van der Waals surface area contributed by atoms with E-state index >= 15 is 0 Å². The monoisotopic (exact) mass is 529 g/mol. The molecule has 5 N–H and O–H groups in total. The number of hydrogen-bond donors (Lipinski definition) is 5. The molecule has 0 saturated carbocycles. The summed E-state index contributed by atoms with van der Waals surface area (Å²) in [7, 11) is 0. The summed E-state index contributed by atoms with van der Waals surface area (Å²) in [5, 5.41) is 28.1. The molecular formula is C23H24AsN3O7. The van der Waals surface area contributed by atoms with Gasteiger partial charge in [-0.1, -0.05) is 12.1 Å². The van der Waals surface area contributed by atoms with Gasteiger partial charge in [0.2, 0.25) is 5.91 Å². The van der Waals surface area contributed by atoms with Crippen LogP contribution in [0.4, 0.5) is 11.4 Å². The van der Waals surface area contributed by atoms with Crippen LogP contribution in [0.2, 0.25) is 0 Å². The van der Waals surface area contributed by atoms with E-state index in [4.69, 9.17) is 10.2 Å². The number of phenols is 1. The maximum atomic E-state index is 11.3. The standard InChI is InChI=1S/C12H11AsN2O3.C11H13NO4/c16-13(17,18)11-8-4-5-9-12(11)15-14-10-6-2-1-3-7-10;1-7(13)12-10(11(15)16)6-8-2-4-9(14)5-3-8/h1-9H,(H2,16,17,18);2-5,10,14H,6H2,1H3,(H,12,13)(H,15,16)/t;10-/m.0/s1. The first-order valence-electron chi connectivity index (χ1n) is 9.96. The number of aromatic hydroxyl groups is 1. The van der Waals surface area contributed by atoms with Crippen molar-refractivity contribution in [2.24, 2.45) is 10.2 Å². The number of phenolic OH excluding ortho intramolecular Hbond substituents is 1. The fourth-order valence-electron chi connectivity index (χ4n) is 2.71. The van der Waals surface area contributed by atoms with Gasteiger partial charge in [0, 0.05) is 13.3 Å². The Bertz CT molecular complexity index is 1180. The Morgan fingerprint density at radius 1 is 0.912 bits per heavy atom. The summed E-state index contributed by atoms with van der Waals surface area (Å²) >= 11 is -4.96. The Labute approximate surface area is 198 Å². The van der Waals surface area contributed by atoms with Gasteiger partial charge in [-0.3, -0.25) is 4.79 Å². The van der Waals surface area contributed by atoms with Crippen LogP contribution >= 0.6 is 0 Å². The van der Waals surface area contributed by atoms with Gasteiger partial charge in [-0.15, -0.1) is 0 Å². The summed E-state index contributed by atoms with van der Waals surface area (Å²) in [6.07, 6.45) is 0.190. The van der Waals surface area contributed by atoms with E-state index in [2.05, 4.69) is 15.5 Å². The van der Waals surface area contributed by atoms with Crippen molar-refractivity contribution in [3.63, 3.8) is 0 Å². The Kier molecular flexibility index (Phi) is 9.75. The van der Waals surface area contributed by atoms with Crippen molar-refractivity contribution in [3.8, 4) is 5.75 Å². The van der Waals surface area contributed by atoms with E-state index in [1.54, 1.807) is 36.4 Å². The molecule has 3 aromatic carbocycles. The zero-order valence-electron chi connectivity index (χ0n) is 18.1. The number of azo groups is 1. The van der Waals surface area contributed by atoms with Crippen LogP contribution in [-0.2, 0) is 19.7 Å². The average Bonchev–Trinajstić information content (AvgIpc) is 2.79. The van der Waals surface area contributed by atoms with E-state index in [1.807, 2.05) is 18.2 Å². The Morgan fingerprint density at radius 3 is 2.06 bits per heavy atom. The molecule has 1 atom stereocenters. The van der Waals surface area contributed by atoms with Crippen molar-refractivity contribution in [3.05, 3.63) is 84.4 Å². The molecule has 0 saturated heterocycles. The summed E-state index contributed by atoms with van der Waals surface area (Å²) in [6, 6.07) is 20.4. The molecule has 3 rings (SSSR count). The van der Waals surface area contributed by atoms with E-state index in [9.17, 15) is 21.5 Å². The van der Waals surface area contributed by atoms with Crippen LogP contribution in [0.15, 0.2) is 89.1 Å². The van der Waals surface area contributed by atoms with E-state index < -0.39 is 26.2 Å². The number of carboxylic acid groups (broad SMARTS) is 1. The molecule has 0 bridgehead atoms. The molecule has 1 amide bonds. The Hall–Kier alpha value is -3.72. The first-order valence-corrected chi connectivity index (χ1v) is 13.3. The number of nitrogens with one attached hydrogen (secondary N) is 1. The number of amides is 1. The number of hydrogen-bond acceptors (Lipinski definition) is 6. The van der Waals surface area contributed by atoms with E-state index in [-0.39, 0.29) is 28.1 Å². The van der Waals surface area contributed by atoms with Crippen LogP contribution in [0.3, 0.4) is 0 Å². The zero-order chi connectivity index (χ0) is 25.1. The van der Waals surface area contributed by atoms with Crippen LogP contribution in [-0.4, -0.2) is 50.5 Å². The number of carbonyl (C=O) groups excluding carboxylic acids is 1. The average molecular weight is 529 g/mol. The molecule has 11 heteroatoms. The minimum atomic E-state index is -4.96. The fourth-order valence-corrected chi connectivity index (χ4v) is 4.18. The van der Waals surface area contributed by atoms with Gasteiger partial charge in [0.1, 0.15) is 11.8 Å². The SMILES string of the molecule is CC(=O)N[C@@H](Cc1ccc(O)cc1)C(=O)O.O=[As](O)(O)c1ccccc1N=Nc1ccccc1. The first-order chi connectivity index (χ1) is 16.1. The Morgan fingerprint density at radius 2 is 1.50 bits per heavy atom. The van der Waals surface area contributed by atoms with Gasteiger partial charge in [0.05, 0.1) is 0 Å². The van der Waals surface area contributed by atoms with Crippen molar-refractivity contribution in [1.82, 2.24) is 5.32 Å². The van der Waals surface area contributed by atoms with Crippen molar-refractivity contribution < 1.29 is 31.7 Å². The molecule has 0 aliphatic rings. The second-order valence-corrected chi connectivity index (χ2v) is 10.3. The molecule has 34 heavy (non-hydrogen) atoms. The van der Waals surface area contributed by atoms with Crippen LogP contribution < -0.4 is 9.67 Å². The number of benzene rings is 3. The predicted molar refractivity (Wildman–Crippen MR) is 125 cm³/mol. The van der Waals surface area contributed by atoms with Crippen LogP contribution in [0.5, 0.6) is 5.75 Å². The third-order valence-corrected chi connectivity index (χ3v) is 6.39. The van der Waals surface area contributed by atoms with Crippen molar-refractivity contribution in [2.45, 2.75) is 19.4 Å². The van der Waals surface area contributed by atoms with Gasteiger partial charge in [-0.05, 0) is 17.7 Å². The summed E-state index contributed by atoms with van der Waals surface area (Å²) < 4.78 is 29.7. The molecule has 0 spiro atoms. The van der Waals surface area contributed by atoms with Gasteiger partial charge >= 0.3 is 113 Å². The van der Waals surface area contributed by atoms with Gasteiger partial charge < -0.3 is 15.5 Å². The molecule has 3 aromatic rings. The summed E-state index contributed by atoms with van der Waals surface area (Å²) in [6.45, 7) is 1.27. The van der Waals surface area contributed by atoms with Gasteiger partial charge in [0.25, 0.3) is 0 Å². The van der Waals surface area contributed by atoms with E-state index in [0.717, 1.165) is 5.56 Å². The molecule has 0 aliphatic carbocycles. The normalized spacial score (nSPS) is 11.9. The number of nitrogens with zero attached hydrogens (tertiary/aromatic N) is 2. The van der Waals surface area contributed by atoms with Crippen LogP contribution in [0, 0.1) is 0 Å². The maximum absolute atomic E-state index is 11.3. The van der Waals surface area contributed by atoms with E-state index in [1.165, 1.54) is 31.2 Å². The molecule has 0 heterocycles. The van der Waals surface area contributed by atoms with Crippen molar-refractivity contribution in [2.75, 3.05) is 0 Å². The van der Waals surface area contributed by atoms with Crippen LogP contribution in [0.1, 0.15) is 12.5 Å². The third-order valence-electron chi connectivity index (χ3n) is 4.28. The van der Waals surface area contributed by atoms with Crippen molar-refractivity contribution in [1.29, 1.82) is 0 Å². The second-order valence-electron chi connectivity index (χ2n) is 7.03. The van der Waals surface area contributed by atoms with Gasteiger partial charge in [-0.25, -0.2) is 4.79 Å². The Balaban J connectivity index is 0.000000242. The topological polar surface area (TPSA) is 169 Å². The summed E-state index contributed by atoms with van der Waals surface area (Å²) in [5.41, 5.74) is 1.57. The minimum absolute atomic E-state index is 0.0599. The molecule has 0 fully saturated rings. The van der Waals surface area contributed by atoms with Gasteiger partial charge in [0.15, 0.2) is 0 Å². The molecular weight excluding hydrogens is 505 g/mol. The molecule has 10 nitrogen and oxygen atoms in total. The second kappa shape index (κ2) is 12.5. The predicted octanol–water partition coefficient (Wildman–Crippen LogP) is 2.19. The molecule has 178 valence electrons. The molecule has 0 aliphatic heterocycles. The number of carbonyl (C=O) groups is 2. The van der Waals surface area contributed by atoms with Gasteiger partial charge in [-0.2, -0.15) is 0 Å².